The summed E-state index contributed by atoms with van der Waals surface area (Å²) in [5, 5.41) is 0. The van der Waals surface area contributed by atoms with Gasteiger partial charge in [-0.2, -0.15) is 0 Å². The average Bonchev–Trinajstić information content (AvgIpc) is 2.03. The lowest BCUT2D eigenvalue weighted by Gasteiger charge is -2.32. The van der Waals surface area contributed by atoms with Gasteiger partial charge in [-0.05, 0) is 12.8 Å². The van der Waals surface area contributed by atoms with Crippen LogP contribution in [0.5, 0.6) is 0 Å². The summed E-state index contributed by atoms with van der Waals surface area (Å²) in [4.78, 5) is 0. The third-order valence-corrected chi connectivity index (χ3v) is 3.86. The number of nitrogens with zero attached hydrogens (tertiary/aromatic N) is 1. The van der Waals surface area contributed by atoms with E-state index in [2.05, 4.69) is 32.9 Å². The van der Waals surface area contributed by atoms with E-state index in [1.165, 1.54) is 0 Å². The minimum absolute atomic E-state index is 0.0666. The van der Waals surface area contributed by atoms with Gasteiger partial charge in [0.1, 0.15) is 0 Å². The first kappa shape index (κ1) is 10.6. The molecule has 0 radical (unpaired) electrons. The maximum atomic E-state index is 12.7. The van der Waals surface area contributed by atoms with Gasteiger partial charge in [-0.3, -0.25) is 0 Å². The molecule has 0 spiro atoms. The molecule has 0 heterocycles. The molecule has 0 atom stereocenters. The smallest absolute Gasteiger partial charge is 0.245 e. The molecule has 0 aromatic carbocycles. The largest absolute Gasteiger partial charge is 0.248 e. The fourth-order valence-electron chi connectivity index (χ4n) is 1.56. The molecule has 0 saturated heterocycles. The molecule has 0 aromatic rings. The molecule has 0 amide bonds. The van der Waals surface area contributed by atoms with Crippen molar-refractivity contribution in [3.05, 3.63) is 0 Å². The van der Waals surface area contributed by atoms with E-state index >= 15 is 0 Å². The van der Waals surface area contributed by atoms with E-state index in [9.17, 15) is 8.78 Å². The minimum Gasteiger partial charge on any atom is -0.245 e. The van der Waals surface area contributed by atoms with Crippen molar-refractivity contribution in [3.63, 3.8) is 0 Å². The Kier molecular flexibility index (Phi) is 3.70. The maximum Gasteiger partial charge on any atom is 0.248 e. The van der Waals surface area contributed by atoms with E-state index < -0.39 is 5.92 Å². The summed E-state index contributed by atoms with van der Waals surface area (Å²) in [6, 6.07) is 0.371. The highest BCUT2D eigenvalue weighted by Gasteiger charge is 2.36. The fraction of sp³-hybridized carbons (Fsp3) is 1.00. The molecular weight excluding hydrogens is 275 g/mol. The Balaban J connectivity index is 2.36. The Hall–Kier alpha value is 0.550. The van der Waals surface area contributed by atoms with Crippen molar-refractivity contribution in [1.29, 1.82) is 0 Å². The predicted octanol–water partition coefficient (Wildman–Crippen LogP) is 3.24. The van der Waals surface area contributed by atoms with Crippen LogP contribution in [-0.4, -0.2) is 21.6 Å². The Labute approximate surface area is 86.0 Å². The zero-order valence-electron chi connectivity index (χ0n) is 7.19. The molecule has 0 unspecified atom stereocenters. The highest BCUT2D eigenvalue weighted by Crippen LogP contribution is 2.35. The van der Waals surface area contributed by atoms with Crippen molar-refractivity contribution < 1.29 is 8.78 Å². The van der Waals surface area contributed by atoms with E-state index in [-0.39, 0.29) is 12.8 Å². The zero-order chi connectivity index (χ0) is 9.19. The van der Waals surface area contributed by atoms with Crippen LogP contribution < -0.4 is 0 Å². The summed E-state index contributed by atoms with van der Waals surface area (Å²) < 4.78 is 27.6. The Morgan fingerprint density at radius 3 is 2.33 bits per heavy atom. The Morgan fingerprint density at radius 2 is 1.92 bits per heavy atom. The summed E-state index contributed by atoms with van der Waals surface area (Å²) in [6.07, 6.45) is 1.42. The van der Waals surface area contributed by atoms with Gasteiger partial charge in [0, 0.05) is 48.3 Å². The molecule has 1 aliphatic carbocycles. The van der Waals surface area contributed by atoms with Crippen molar-refractivity contribution >= 4 is 22.9 Å². The van der Waals surface area contributed by atoms with Crippen LogP contribution in [0.2, 0.25) is 0 Å². The van der Waals surface area contributed by atoms with Crippen LogP contribution in [0.4, 0.5) is 8.78 Å². The van der Waals surface area contributed by atoms with Gasteiger partial charge >= 0.3 is 0 Å². The van der Waals surface area contributed by atoms with Crippen LogP contribution in [0, 0.1) is 0 Å². The Morgan fingerprint density at radius 1 is 1.42 bits per heavy atom. The second-order valence-electron chi connectivity index (χ2n) is 3.30. The molecular formula is C8H14F2IN. The molecule has 0 aromatic heterocycles. The van der Waals surface area contributed by atoms with Gasteiger partial charge in [0.2, 0.25) is 5.92 Å². The molecule has 1 rings (SSSR count). The Bertz CT molecular complexity index is 142. The molecule has 4 heteroatoms. The number of alkyl halides is 2. The van der Waals surface area contributed by atoms with Gasteiger partial charge in [0.15, 0.2) is 0 Å². The number of rotatable bonds is 2. The number of hydrogen-bond acceptors (Lipinski definition) is 1. The molecule has 1 aliphatic rings. The molecule has 0 bridgehead atoms. The van der Waals surface area contributed by atoms with E-state index in [0.29, 0.717) is 18.9 Å². The van der Waals surface area contributed by atoms with Crippen molar-refractivity contribution in [3.8, 4) is 0 Å². The second kappa shape index (κ2) is 4.17. The highest BCUT2D eigenvalue weighted by molar-refractivity contribution is 14.1. The molecule has 0 aliphatic heterocycles. The summed E-state index contributed by atoms with van der Waals surface area (Å²) in [7, 11) is 0. The summed E-state index contributed by atoms with van der Waals surface area (Å²) in [5.74, 6) is -2.39. The average molecular weight is 289 g/mol. The molecule has 12 heavy (non-hydrogen) atoms. The quantitative estimate of drug-likeness (QED) is 0.557. The van der Waals surface area contributed by atoms with Gasteiger partial charge < -0.3 is 0 Å². The van der Waals surface area contributed by atoms with Gasteiger partial charge in [0.25, 0.3) is 0 Å². The van der Waals surface area contributed by atoms with Crippen LogP contribution in [0.25, 0.3) is 0 Å². The first-order valence-corrected chi connectivity index (χ1v) is 5.32. The monoisotopic (exact) mass is 289 g/mol. The SMILES string of the molecule is CCN(I)C1CCC(F)(F)CC1. The van der Waals surface area contributed by atoms with Crippen LogP contribution >= 0.6 is 22.9 Å². The predicted molar refractivity (Wildman–Crippen MR) is 53.6 cm³/mol. The molecule has 1 fully saturated rings. The van der Waals surface area contributed by atoms with Gasteiger partial charge in [-0.15, -0.1) is 0 Å². The van der Waals surface area contributed by atoms with Gasteiger partial charge in [-0.1, -0.05) is 6.92 Å². The zero-order valence-corrected chi connectivity index (χ0v) is 9.35. The maximum absolute atomic E-state index is 12.7. The third-order valence-electron chi connectivity index (χ3n) is 2.38. The highest BCUT2D eigenvalue weighted by atomic mass is 127. The van der Waals surface area contributed by atoms with Gasteiger partial charge in [-0.25, -0.2) is 11.9 Å². The van der Waals surface area contributed by atoms with Crippen LogP contribution in [0.15, 0.2) is 0 Å². The summed E-state index contributed by atoms with van der Waals surface area (Å²) in [5.41, 5.74) is 0. The summed E-state index contributed by atoms with van der Waals surface area (Å²) in [6.45, 7) is 3.00. The summed E-state index contributed by atoms with van der Waals surface area (Å²) >= 11 is 2.23. The second-order valence-corrected chi connectivity index (χ2v) is 4.54. The van der Waals surface area contributed by atoms with E-state index in [4.69, 9.17) is 0 Å². The third kappa shape index (κ3) is 2.80. The number of halogens is 3. The van der Waals surface area contributed by atoms with E-state index in [1.807, 2.05) is 0 Å². The lowest BCUT2D eigenvalue weighted by atomic mass is 9.92. The first-order chi connectivity index (χ1) is 5.55. The van der Waals surface area contributed by atoms with Crippen LogP contribution in [0.1, 0.15) is 32.6 Å². The normalized spacial score (nSPS) is 24.8. The van der Waals surface area contributed by atoms with Crippen molar-refractivity contribution in [2.75, 3.05) is 6.54 Å². The van der Waals surface area contributed by atoms with Crippen LogP contribution in [0.3, 0.4) is 0 Å². The van der Waals surface area contributed by atoms with Crippen molar-refractivity contribution in [1.82, 2.24) is 3.11 Å². The van der Waals surface area contributed by atoms with Crippen LogP contribution in [-0.2, 0) is 0 Å². The van der Waals surface area contributed by atoms with E-state index in [0.717, 1.165) is 6.54 Å². The molecule has 0 N–H and O–H groups in total. The standard InChI is InChI=1S/C8H14F2IN/c1-2-12(11)7-3-5-8(9,10)6-4-7/h7H,2-6H2,1H3. The minimum atomic E-state index is -2.39. The molecule has 1 saturated carbocycles. The van der Waals surface area contributed by atoms with E-state index in [1.54, 1.807) is 0 Å². The van der Waals surface area contributed by atoms with Crippen molar-refractivity contribution in [2.45, 2.75) is 44.6 Å². The lowest BCUT2D eigenvalue weighted by molar-refractivity contribution is -0.0446. The van der Waals surface area contributed by atoms with Crippen molar-refractivity contribution in [2.24, 2.45) is 0 Å². The lowest BCUT2D eigenvalue weighted by Crippen LogP contribution is -2.35. The topological polar surface area (TPSA) is 3.24 Å². The number of hydrogen-bond donors (Lipinski definition) is 0. The molecule has 1 nitrogen and oxygen atoms in total. The molecule has 72 valence electrons. The van der Waals surface area contributed by atoms with Gasteiger partial charge in [0.05, 0.1) is 0 Å². The fourth-order valence-corrected chi connectivity index (χ4v) is 2.12. The first-order valence-electron chi connectivity index (χ1n) is 4.35.